The molecule has 0 amide bonds. The lowest BCUT2D eigenvalue weighted by molar-refractivity contribution is 0.266. The van der Waals surface area contributed by atoms with Gasteiger partial charge in [-0.2, -0.15) is 0 Å². The lowest BCUT2D eigenvalue weighted by atomic mass is 9.91. The summed E-state index contributed by atoms with van der Waals surface area (Å²) in [6.07, 6.45) is 1.77. The van der Waals surface area contributed by atoms with Crippen LogP contribution in [0.15, 0.2) is 23.7 Å². The predicted octanol–water partition coefficient (Wildman–Crippen LogP) is 3.08. The van der Waals surface area contributed by atoms with E-state index in [4.69, 9.17) is 12.2 Å². The van der Waals surface area contributed by atoms with Crippen molar-refractivity contribution >= 4 is 23.6 Å². The Morgan fingerprint density at radius 1 is 1.53 bits per heavy atom. The molecule has 0 saturated heterocycles. The minimum atomic E-state index is 0.00760. The van der Waals surface area contributed by atoms with Gasteiger partial charge in [0.1, 0.15) is 0 Å². The number of aliphatic hydroxyl groups is 1. The van der Waals surface area contributed by atoms with E-state index in [0.29, 0.717) is 4.77 Å². The number of nitrogens with one attached hydrogen (secondary N) is 1. The molecule has 0 aliphatic rings. The number of H-pyrrole nitrogens is 1. The molecule has 0 fully saturated rings. The molecule has 0 radical (unpaired) electrons. The highest BCUT2D eigenvalue weighted by Gasteiger charge is 2.23. The normalized spacial score (nSPS) is 11.9. The van der Waals surface area contributed by atoms with Crippen molar-refractivity contribution in [2.45, 2.75) is 32.4 Å². The summed E-state index contributed by atoms with van der Waals surface area (Å²) in [5.74, 6) is 0. The van der Waals surface area contributed by atoms with Crippen LogP contribution < -0.4 is 0 Å². The summed E-state index contributed by atoms with van der Waals surface area (Å²) < 4.78 is 2.63. The fraction of sp³-hybridized carbons (Fsp3) is 0.417. The minimum Gasteiger partial charge on any atom is -0.390 e. The molecular weight excluding hydrogens is 252 g/mol. The highest BCUT2D eigenvalue weighted by atomic mass is 32.1. The van der Waals surface area contributed by atoms with Crippen LogP contribution in [0, 0.1) is 4.77 Å². The topological polar surface area (TPSA) is 41.0 Å². The van der Waals surface area contributed by atoms with E-state index in [0.717, 1.165) is 12.2 Å². The zero-order chi connectivity index (χ0) is 12.5. The Balaban J connectivity index is 2.32. The van der Waals surface area contributed by atoms with Gasteiger partial charge in [0.25, 0.3) is 0 Å². The van der Waals surface area contributed by atoms with Gasteiger partial charge in [-0.3, -0.25) is 0 Å². The molecule has 0 atom stereocenters. The molecule has 2 heterocycles. The van der Waals surface area contributed by atoms with Crippen molar-refractivity contribution in [2.24, 2.45) is 0 Å². The van der Waals surface area contributed by atoms with E-state index in [2.05, 4.69) is 36.3 Å². The number of thiophene rings is 1. The van der Waals surface area contributed by atoms with Gasteiger partial charge in [-0.25, -0.2) is 0 Å². The number of aliphatic hydroxyl groups excluding tert-OH is 1. The SMILES string of the molecule is CC(C)(Cn1c(CO)c[nH]c1=S)c1cccs1. The number of aromatic amines is 1. The number of nitrogens with zero attached hydrogens (tertiary/aromatic N) is 1. The van der Waals surface area contributed by atoms with Crippen LogP contribution in [0.3, 0.4) is 0 Å². The molecule has 2 aromatic rings. The Morgan fingerprint density at radius 2 is 2.29 bits per heavy atom. The van der Waals surface area contributed by atoms with E-state index < -0.39 is 0 Å². The van der Waals surface area contributed by atoms with E-state index in [1.807, 2.05) is 4.57 Å². The van der Waals surface area contributed by atoms with Crippen molar-refractivity contribution in [3.8, 4) is 0 Å². The molecular formula is C12H16N2OS2. The molecule has 0 spiro atoms. The summed E-state index contributed by atoms with van der Waals surface area (Å²) in [6.45, 7) is 5.16. The number of imidazole rings is 1. The zero-order valence-corrected chi connectivity index (χ0v) is 11.6. The quantitative estimate of drug-likeness (QED) is 0.837. The maximum Gasteiger partial charge on any atom is 0.177 e. The van der Waals surface area contributed by atoms with Gasteiger partial charge in [0, 0.05) is 23.0 Å². The fourth-order valence-corrected chi connectivity index (χ4v) is 2.96. The van der Waals surface area contributed by atoms with Crippen LogP contribution in [0.1, 0.15) is 24.4 Å². The Bertz CT molecular complexity index is 537. The standard InChI is InChI=1S/C12H16N2OS2/c1-12(2,10-4-3-5-17-10)8-14-9(7-15)6-13-11(14)16/h3-6,15H,7-8H2,1-2H3,(H,13,16). The van der Waals surface area contributed by atoms with Crippen LogP contribution in [0.2, 0.25) is 0 Å². The smallest absolute Gasteiger partial charge is 0.177 e. The first kappa shape index (κ1) is 12.5. The third kappa shape index (κ3) is 2.51. The number of hydrogen-bond acceptors (Lipinski definition) is 3. The third-order valence-corrected chi connectivity index (χ3v) is 4.43. The van der Waals surface area contributed by atoms with Gasteiger partial charge in [-0.05, 0) is 23.7 Å². The molecule has 0 saturated carbocycles. The van der Waals surface area contributed by atoms with Crippen LogP contribution >= 0.6 is 23.6 Å². The van der Waals surface area contributed by atoms with E-state index in [9.17, 15) is 5.11 Å². The molecule has 17 heavy (non-hydrogen) atoms. The third-order valence-electron chi connectivity index (χ3n) is 2.86. The maximum atomic E-state index is 9.27. The summed E-state index contributed by atoms with van der Waals surface area (Å²) in [7, 11) is 0. The Kier molecular flexibility index (Phi) is 3.51. The van der Waals surface area contributed by atoms with Crippen LogP contribution in [-0.2, 0) is 18.6 Å². The van der Waals surface area contributed by atoms with Crippen LogP contribution in [0.25, 0.3) is 0 Å². The second-order valence-corrected chi connectivity index (χ2v) is 6.03. The van der Waals surface area contributed by atoms with E-state index >= 15 is 0 Å². The predicted molar refractivity (Wildman–Crippen MR) is 72.9 cm³/mol. The Hall–Kier alpha value is -0.910. The molecule has 0 aromatic carbocycles. The highest BCUT2D eigenvalue weighted by molar-refractivity contribution is 7.71. The number of rotatable bonds is 4. The van der Waals surface area contributed by atoms with E-state index in [1.54, 1.807) is 17.5 Å². The maximum absolute atomic E-state index is 9.27. The lowest BCUT2D eigenvalue weighted by Crippen LogP contribution is -2.24. The fourth-order valence-electron chi connectivity index (χ4n) is 1.87. The average Bonchev–Trinajstić information content (AvgIpc) is 2.90. The molecule has 0 unspecified atom stereocenters. The Morgan fingerprint density at radius 3 is 2.88 bits per heavy atom. The number of aromatic nitrogens is 2. The van der Waals surface area contributed by atoms with Crippen molar-refractivity contribution < 1.29 is 5.11 Å². The highest BCUT2D eigenvalue weighted by Crippen LogP contribution is 2.29. The van der Waals surface area contributed by atoms with Gasteiger partial charge in [0.2, 0.25) is 0 Å². The zero-order valence-electron chi connectivity index (χ0n) is 9.93. The van der Waals surface area contributed by atoms with Crippen molar-refractivity contribution in [1.82, 2.24) is 9.55 Å². The summed E-state index contributed by atoms with van der Waals surface area (Å²) in [5, 5.41) is 11.4. The first-order valence-electron chi connectivity index (χ1n) is 5.46. The largest absolute Gasteiger partial charge is 0.390 e. The molecule has 92 valence electrons. The summed E-state index contributed by atoms with van der Waals surface area (Å²) in [6, 6.07) is 4.20. The van der Waals surface area contributed by atoms with Gasteiger partial charge < -0.3 is 14.7 Å². The van der Waals surface area contributed by atoms with Gasteiger partial charge in [-0.1, -0.05) is 19.9 Å². The molecule has 5 heteroatoms. The molecule has 0 bridgehead atoms. The second-order valence-electron chi connectivity index (χ2n) is 4.69. The molecule has 2 N–H and O–H groups in total. The minimum absolute atomic E-state index is 0.00760. The summed E-state index contributed by atoms with van der Waals surface area (Å²) in [4.78, 5) is 4.30. The van der Waals surface area contributed by atoms with Crippen molar-refractivity contribution in [1.29, 1.82) is 0 Å². The van der Waals surface area contributed by atoms with E-state index in [1.165, 1.54) is 4.88 Å². The van der Waals surface area contributed by atoms with Crippen LogP contribution in [0.4, 0.5) is 0 Å². The van der Waals surface area contributed by atoms with Gasteiger partial charge in [-0.15, -0.1) is 11.3 Å². The summed E-state index contributed by atoms with van der Waals surface area (Å²) in [5.41, 5.74) is 0.845. The molecule has 2 rings (SSSR count). The average molecular weight is 268 g/mol. The monoisotopic (exact) mass is 268 g/mol. The van der Waals surface area contributed by atoms with Gasteiger partial charge in [0.15, 0.2) is 4.77 Å². The summed E-state index contributed by atoms with van der Waals surface area (Å²) >= 11 is 6.99. The number of hydrogen-bond donors (Lipinski definition) is 2. The first-order chi connectivity index (χ1) is 8.04. The molecule has 2 aromatic heterocycles. The van der Waals surface area contributed by atoms with Crippen molar-refractivity contribution in [3.63, 3.8) is 0 Å². The lowest BCUT2D eigenvalue weighted by Gasteiger charge is -2.24. The molecule has 0 aliphatic carbocycles. The van der Waals surface area contributed by atoms with Gasteiger partial charge in [0.05, 0.1) is 12.3 Å². The molecule has 3 nitrogen and oxygen atoms in total. The van der Waals surface area contributed by atoms with E-state index in [-0.39, 0.29) is 12.0 Å². The Labute approximate surface area is 110 Å². The van der Waals surface area contributed by atoms with Crippen molar-refractivity contribution in [3.05, 3.63) is 39.1 Å². The van der Waals surface area contributed by atoms with Crippen molar-refractivity contribution in [2.75, 3.05) is 0 Å². The van der Waals surface area contributed by atoms with Crippen LogP contribution in [-0.4, -0.2) is 14.7 Å². The van der Waals surface area contributed by atoms with Crippen LogP contribution in [0.5, 0.6) is 0 Å². The first-order valence-corrected chi connectivity index (χ1v) is 6.75. The van der Waals surface area contributed by atoms with Gasteiger partial charge >= 0.3 is 0 Å². The molecule has 0 aliphatic heterocycles. The second kappa shape index (κ2) is 4.76.